The first-order chi connectivity index (χ1) is 17.8. The number of rotatable bonds is 6. The Hall–Kier alpha value is -2.86. The van der Waals surface area contributed by atoms with Crippen LogP contribution in [0.25, 0.3) is 5.76 Å². The van der Waals surface area contributed by atoms with Crippen LogP contribution >= 0.6 is 55.0 Å². The van der Waals surface area contributed by atoms with Crippen LogP contribution in [0.2, 0.25) is 0 Å². The fraction of sp³-hybridized carbons (Fsp3) is 0.0769. The number of thioether (sulfide) groups is 1. The molecule has 1 aromatic heterocycles. The lowest BCUT2D eigenvalue weighted by Crippen LogP contribution is -2.29. The number of amides is 1. The molecule has 2 heterocycles. The van der Waals surface area contributed by atoms with Crippen LogP contribution in [0.15, 0.2) is 91.7 Å². The highest BCUT2D eigenvalue weighted by molar-refractivity contribution is 9.10. The summed E-state index contributed by atoms with van der Waals surface area (Å²) in [7, 11) is 0. The summed E-state index contributed by atoms with van der Waals surface area (Å²) in [6.45, 7) is 0. The normalized spacial score (nSPS) is 16.9. The lowest BCUT2D eigenvalue weighted by atomic mass is 9.95. The van der Waals surface area contributed by atoms with E-state index in [1.54, 1.807) is 60.7 Å². The van der Waals surface area contributed by atoms with Crippen molar-refractivity contribution in [3.8, 4) is 0 Å². The quantitative estimate of drug-likeness (QED) is 0.0780. The Morgan fingerprint density at radius 3 is 2.22 bits per heavy atom. The molecule has 4 aromatic rings. The van der Waals surface area contributed by atoms with Crippen molar-refractivity contribution in [2.75, 3.05) is 4.90 Å². The molecule has 3 aromatic carbocycles. The van der Waals surface area contributed by atoms with E-state index in [-0.39, 0.29) is 22.3 Å². The molecule has 0 aliphatic carbocycles. The molecule has 1 fully saturated rings. The van der Waals surface area contributed by atoms with E-state index in [4.69, 9.17) is 0 Å². The average Bonchev–Trinajstić information content (AvgIpc) is 3.46. The van der Waals surface area contributed by atoms with Gasteiger partial charge in [0, 0.05) is 20.3 Å². The molecule has 37 heavy (non-hydrogen) atoms. The van der Waals surface area contributed by atoms with E-state index in [9.17, 15) is 19.1 Å². The van der Waals surface area contributed by atoms with Gasteiger partial charge in [0.25, 0.3) is 5.78 Å². The number of carbonyl (C=O) groups is 2. The molecule has 0 spiro atoms. The molecule has 0 radical (unpaired) electrons. The van der Waals surface area contributed by atoms with Crippen molar-refractivity contribution in [1.29, 1.82) is 0 Å². The Morgan fingerprint density at radius 2 is 1.57 bits per heavy atom. The lowest BCUT2D eigenvalue weighted by molar-refractivity contribution is -0.132. The van der Waals surface area contributed by atoms with E-state index in [0.717, 1.165) is 14.5 Å². The van der Waals surface area contributed by atoms with Crippen LogP contribution in [-0.2, 0) is 15.3 Å². The Kier molecular flexibility index (Phi) is 7.57. The van der Waals surface area contributed by atoms with Crippen molar-refractivity contribution in [1.82, 2.24) is 10.2 Å². The molecule has 1 atom stereocenters. The van der Waals surface area contributed by atoms with Gasteiger partial charge < -0.3 is 5.11 Å². The Morgan fingerprint density at radius 1 is 0.946 bits per heavy atom. The van der Waals surface area contributed by atoms with Crippen molar-refractivity contribution in [2.24, 2.45) is 0 Å². The molecule has 1 saturated heterocycles. The van der Waals surface area contributed by atoms with Crippen LogP contribution in [0.3, 0.4) is 0 Å². The van der Waals surface area contributed by atoms with E-state index in [1.165, 1.54) is 40.1 Å². The third-order valence-electron chi connectivity index (χ3n) is 5.63. The molecule has 0 saturated carbocycles. The number of benzene rings is 3. The maximum absolute atomic E-state index is 13.3. The molecule has 1 aliphatic heterocycles. The minimum Gasteiger partial charge on any atom is -0.507 e. The Balaban J connectivity index is 1.53. The zero-order valence-corrected chi connectivity index (χ0v) is 23.6. The number of carbonyl (C=O) groups excluding carboxylic acids is 2. The van der Waals surface area contributed by atoms with Crippen molar-refractivity contribution >= 4 is 77.5 Å². The minimum absolute atomic E-state index is 0.0228. The van der Waals surface area contributed by atoms with Gasteiger partial charge in [-0.3, -0.25) is 14.5 Å². The monoisotopic (exact) mass is 659 g/mol. The van der Waals surface area contributed by atoms with Crippen LogP contribution < -0.4 is 4.90 Å². The molecule has 6 nitrogen and oxygen atoms in total. The van der Waals surface area contributed by atoms with E-state index >= 15 is 0 Å². The number of nitrogens with zero attached hydrogens (tertiary/aromatic N) is 3. The van der Waals surface area contributed by atoms with Gasteiger partial charge in [-0.15, -0.1) is 10.2 Å². The summed E-state index contributed by atoms with van der Waals surface area (Å²) in [4.78, 5) is 27.8. The van der Waals surface area contributed by atoms with E-state index in [2.05, 4.69) is 42.1 Å². The van der Waals surface area contributed by atoms with Crippen LogP contribution in [0.4, 0.5) is 9.52 Å². The van der Waals surface area contributed by atoms with E-state index in [0.29, 0.717) is 21.2 Å². The van der Waals surface area contributed by atoms with Gasteiger partial charge in [0.05, 0.1) is 11.6 Å². The van der Waals surface area contributed by atoms with Crippen molar-refractivity contribution in [3.63, 3.8) is 0 Å². The van der Waals surface area contributed by atoms with E-state index in [1.807, 2.05) is 0 Å². The van der Waals surface area contributed by atoms with E-state index < -0.39 is 17.7 Å². The second-order valence-corrected chi connectivity index (χ2v) is 12.0. The summed E-state index contributed by atoms with van der Waals surface area (Å²) < 4.78 is 15.4. The largest absolute Gasteiger partial charge is 0.507 e. The van der Waals surface area contributed by atoms with Gasteiger partial charge in [-0.1, -0.05) is 91.4 Å². The maximum atomic E-state index is 13.3. The highest BCUT2D eigenvalue weighted by Crippen LogP contribution is 2.44. The number of hydrogen-bond acceptors (Lipinski definition) is 7. The number of aromatic nitrogens is 2. The summed E-state index contributed by atoms with van der Waals surface area (Å²) in [5, 5.41) is 19.8. The fourth-order valence-electron chi connectivity index (χ4n) is 3.84. The first kappa shape index (κ1) is 25.8. The number of halogens is 3. The molecular weight excluding hydrogens is 645 g/mol. The summed E-state index contributed by atoms with van der Waals surface area (Å²) in [6, 6.07) is 19.3. The molecule has 1 unspecified atom stereocenters. The highest BCUT2D eigenvalue weighted by Gasteiger charge is 2.48. The summed E-state index contributed by atoms with van der Waals surface area (Å²) >= 11 is 9.34. The lowest BCUT2D eigenvalue weighted by Gasteiger charge is -2.22. The third kappa shape index (κ3) is 5.40. The Bertz CT molecular complexity index is 1510. The minimum atomic E-state index is -0.889. The number of ketones is 1. The van der Waals surface area contributed by atoms with Crippen LogP contribution in [0.5, 0.6) is 0 Å². The highest BCUT2D eigenvalue weighted by atomic mass is 79.9. The van der Waals surface area contributed by atoms with Crippen molar-refractivity contribution < 1.29 is 19.1 Å². The molecule has 1 aliphatic rings. The number of aliphatic hydroxyl groups is 1. The van der Waals surface area contributed by atoms with Crippen LogP contribution in [-0.4, -0.2) is 27.0 Å². The van der Waals surface area contributed by atoms with Gasteiger partial charge in [0.1, 0.15) is 11.6 Å². The predicted molar refractivity (Wildman–Crippen MR) is 149 cm³/mol. The number of hydrogen-bond donors (Lipinski definition) is 1. The first-order valence-electron chi connectivity index (χ1n) is 10.8. The SMILES string of the molecule is O=C1C(=O)N(c2nnc(SCc3ccc(F)cc3)s2)C(c2ccc(Br)cc2)/C1=C(/O)c1ccc(Br)cc1. The molecule has 11 heteroatoms. The summed E-state index contributed by atoms with van der Waals surface area (Å²) in [5.41, 5.74) is 1.94. The van der Waals surface area contributed by atoms with Crippen molar-refractivity contribution in [3.05, 3.63) is 110 Å². The zero-order chi connectivity index (χ0) is 26.1. The van der Waals surface area contributed by atoms with Crippen LogP contribution in [0.1, 0.15) is 22.7 Å². The Labute approximate surface area is 236 Å². The summed E-state index contributed by atoms with van der Waals surface area (Å²) in [5.74, 6) is -1.63. The first-order valence-corrected chi connectivity index (χ1v) is 14.2. The van der Waals surface area contributed by atoms with Gasteiger partial charge in [-0.25, -0.2) is 4.39 Å². The van der Waals surface area contributed by atoms with Gasteiger partial charge >= 0.3 is 5.91 Å². The smallest absolute Gasteiger partial charge is 0.301 e. The van der Waals surface area contributed by atoms with Crippen LogP contribution in [0, 0.1) is 5.82 Å². The number of aliphatic hydroxyl groups excluding tert-OH is 1. The zero-order valence-electron chi connectivity index (χ0n) is 18.8. The molecule has 5 rings (SSSR count). The van der Waals surface area contributed by atoms with Gasteiger partial charge in [-0.2, -0.15) is 0 Å². The molecule has 1 amide bonds. The molecule has 0 bridgehead atoms. The fourth-order valence-corrected chi connectivity index (χ4v) is 6.19. The second kappa shape index (κ2) is 10.9. The average molecular weight is 661 g/mol. The molecule has 186 valence electrons. The topological polar surface area (TPSA) is 83.4 Å². The molecule has 1 N–H and O–H groups in total. The number of anilines is 1. The van der Waals surface area contributed by atoms with Crippen molar-refractivity contribution in [2.45, 2.75) is 16.1 Å². The standard InChI is InChI=1S/C26H16Br2FN3O3S2/c27-17-7-3-15(4-8-17)21-20(22(33)16-5-9-18(28)10-6-16)23(34)24(35)32(21)25-30-31-26(37-25)36-13-14-1-11-19(29)12-2-14/h1-12,21,33H,13H2/b22-20-. The number of Topliss-reactive ketones (excluding diaryl/α,β-unsaturated/α-hetero) is 1. The van der Waals surface area contributed by atoms with Gasteiger partial charge in [0.2, 0.25) is 5.13 Å². The summed E-state index contributed by atoms with van der Waals surface area (Å²) in [6.07, 6.45) is 0. The predicted octanol–water partition coefficient (Wildman–Crippen LogP) is 7.12. The second-order valence-electron chi connectivity index (χ2n) is 7.99. The maximum Gasteiger partial charge on any atom is 0.301 e. The molecular formula is C26H16Br2FN3O3S2. The third-order valence-corrected chi connectivity index (χ3v) is 8.81. The van der Waals surface area contributed by atoms with Gasteiger partial charge in [-0.05, 0) is 47.5 Å². The van der Waals surface area contributed by atoms with Gasteiger partial charge in [0.15, 0.2) is 4.34 Å².